The highest BCUT2D eigenvalue weighted by Gasteiger charge is 2.25. The molecule has 3 heterocycles. The van der Waals surface area contributed by atoms with Crippen LogP contribution in [-0.2, 0) is 12.0 Å². The highest BCUT2D eigenvalue weighted by molar-refractivity contribution is 7.13. The predicted molar refractivity (Wildman–Crippen MR) is 95.4 cm³/mol. The summed E-state index contributed by atoms with van der Waals surface area (Å²) in [6, 6.07) is 3.93. The Morgan fingerprint density at radius 1 is 1.25 bits per heavy atom. The van der Waals surface area contributed by atoms with E-state index in [0.717, 1.165) is 42.7 Å². The van der Waals surface area contributed by atoms with Crippen molar-refractivity contribution in [3.8, 4) is 0 Å². The molecule has 0 atom stereocenters. The van der Waals surface area contributed by atoms with Crippen LogP contribution in [0.1, 0.15) is 47.0 Å². The lowest BCUT2D eigenvalue weighted by molar-refractivity contribution is 0.0621. The lowest BCUT2D eigenvalue weighted by Gasteiger charge is -2.33. The van der Waals surface area contributed by atoms with Crippen LogP contribution < -0.4 is 0 Å². The van der Waals surface area contributed by atoms with Crippen molar-refractivity contribution in [1.29, 1.82) is 0 Å². The monoisotopic (exact) mass is 347 g/mol. The Hall–Kier alpha value is -1.66. The molecule has 0 unspecified atom stereocenters. The van der Waals surface area contributed by atoms with Crippen LogP contribution in [-0.4, -0.2) is 46.9 Å². The van der Waals surface area contributed by atoms with Crippen molar-refractivity contribution in [3.63, 3.8) is 0 Å². The van der Waals surface area contributed by atoms with E-state index in [2.05, 4.69) is 30.7 Å². The molecule has 2 aromatic heterocycles. The summed E-state index contributed by atoms with van der Waals surface area (Å²) in [4.78, 5) is 23.1. The van der Waals surface area contributed by atoms with Crippen LogP contribution in [0.4, 0.5) is 0 Å². The second kappa shape index (κ2) is 6.69. The number of carbonyl (C=O) groups is 1. The minimum atomic E-state index is -0.0186. The molecule has 1 amide bonds. The fourth-order valence-corrected chi connectivity index (χ4v) is 3.57. The number of oxazole rings is 1. The number of aryl methyl sites for hydroxylation is 1. The molecule has 6 heteroatoms. The molecular formula is C18H25N3O2S. The number of hydrogen-bond donors (Lipinski definition) is 0. The van der Waals surface area contributed by atoms with E-state index < -0.39 is 0 Å². The van der Waals surface area contributed by atoms with Gasteiger partial charge in [0.25, 0.3) is 5.91 Å². The molecule has 3 rings (SSSR count). The van der Waals surface area contributed by atoms with Gasteiger partial charge < -0.3 is 9.32 Å². The van der Waals surface area contributed by atoms with Crippen molar-refractivity contribution in [3.05, 3.63) is 39.7 Å². The van der Waals surface area contributed by atoms with E-state index >= 15 is 0 Å². The number of piperazine rings is 1. The van der Waals surface area contributed by atoms with Gasteiger partial charge in [-0.2, -0.15) is 0 Å². The SMILES string of the molecule is Cc1ccc(C(=O)N2CCN(Cc3ncc(C(C)(C)C)o3)CC2)s1. The summed E-state index contributed by atoms with van der Waals surface area (Å²) >= 11 is 1.57. The molecule has 1 aliphatic heterocycles. The van der Waals surface area contributed by atoms with Crippen LogP contribution in [0.15, 0.2) is 22.7 Å². The first-order valence-electron chi connectivity index (χ1n) is 8.36. The Bertz CT molecular complexity index is 706. The largest absolute Gasteiger partial charge is 0.444 e. The lowest BCUT2D eigenvalue weighted by Crippen LogP contribution is -2.48. The van der Waals surface area contributed by atoms with E-state index in [0.29, 0.717) is 6.54 Å². The molecule has 1 fully saturated rings. The zero-order chi connectivity index (χ0) is 17.3. The van der Waals surface area contributed by atoms with E-state index in [9.17, 15) is 4.79 Å². The Morgan fingerprint density at radius 3 is 2.50 bits per heavy atom. The van der Waals surface area contributed by atoms with E-state index in [4.69, 9.17) is 4.42 Å². The summed E-state index contributed by atoms with van der Waals surface area (Å²) < 4.78 is 5.87. The van der Waals surface area contributed by atoms with E-state index in [1.54, 1.807) is 11.3 Å². The Morgan fingerprint density at radius 2 is 1.96 bits per heavy atom. The molecule has 130 valence electrons. The number of thiophene rings is 1. The van der Waals surface area contributed by atoms with E-state index in [1.807, 2.05) is 30.2 Å². The minimum absolute atomic E-state index is 0.0186. The van der Waals surface area contributed by atoms with Crippen LogP contribution in [0.3, 0.4) is 0 Å². The summed E-state index contributed by atoms with van der Waals surface area (Å²) in [6.45, 7) is 12.3. The van der Waals surface area contributed by atoms with Crippen molar-refractivity contribution >= 4 is 17.2 Å². The molecule has 0 saturated carbocycles. The number of amides is 1. The molecule has 0 aromatic carbocycles. The van der Waals surface area contributed by atoms with Gasteiger partial charge in [0, 0.05) is 36.5 Å². The second-order valence-electron chi connectivity index (χ2n) is 7.35. The highest BCUT2D eigenvalue weighted by Crippen LogP contribution is 2.23. The normalized spacial score (nSPS) is 16.6. The van der Waals surface area contributed by atoms with E-state index in [-0.39, 0.29) is 11.3 Å². The van der Waals surface area contributed by atoms with Gasteiger partial charge in [-0.3, -0.25) is 9.69 Å². The fourth-order valence-electron chi connectivity index (χ4n) is 2.74. The topological polar surface area (TPSA) is 49.6 Å². The summed E-state index contributed by atoms with van der Waals surface area (Å²) in [5.74, 6) is 1.83. The maximum absolute atomic E-state index is 12.5. The standard InChI is InChI=1S/C18H25N3O2S/c1-13-5-6-14(24-13)17(22)21-9-7-20(8-10-21)12-16-19-11-15(23-16)18(2,3)4/h5-6,11H,7-10,12H2,1-4H3. The van der Waals surface area contributed by atoms with Crippen LogP contribution >= 0.6 is 11.3 Å². The molecular weight excluding hydrogens is 322 g/mol. The number of rotatable bonds is 3. The van der Waals surface area contributed by atoms with Crippen LogP contribution in [0, 0.1) is 6.92 Å². The fraction of sp³-hybridized carbons (Fsp3) is 0.556. The molecule has 0 aliphatic carbocycles. The Kier molecular flexibility index (Phi) is 4.78. The van der Waals surface area contributed by atoms with E-state index in [1.165, 1.54) is 4.88 Å². The maximum atomic E-state index is 12.5. The molecule has 0 spiro atoms. The molecule has 24 heavy (non-hydrogen) atoms. The summed E-state index contributed by atoms with van der Waals surface area (Å²) in [5.41, 5.74) is -0.0186. The number of nitrogens with zero attached hydrogens (tertiary/aromatic N) is 3. The quantitative estimate of drug-likeness (QED) is 0.855. The third-order valence-electron chi connectivity index (χ3n) is 4.26. The van der Waals surface area contributed by atoms with Gasteiger partial charge in [-0.1, -0.05) is 20.8 Å². The van der Waals surface area contributed by atoms with Gasteiger partial charge in [-0.25, -0.2) is 4.98 Å². The average Bonchev–Trinajstić information content (AvgIpc) is 3.16. The zero-order valence-electron chi connectivity index (χ0n) is 14.8. The van der Waals surface area contributed by atoms with Gasteiger partial charge in [0.05, 0.1) is 17.6 Å². The molecule has 0 N–H and O–H groups in total. The molecule has 5 nitrogen and oxygen atoms in total. The smallest absolute Gasteiger partial charge is 0.264 e. The molecule has 1 aliphatic rings. The van der Waals surface area contributed by atoms with Crippen LogP contribution in [0.25, 0.3) is 0 Å². The van der Waals surface area contributed by atoms with Gasteiger partial charge in [-0.15, -0.1) is 11.3 Å². The zero-order valence-corrected chi connectivity index (χ0v) is 15.7. The van der Waals surface area contributed by atoms with Crippen molar-refractivity contribution in [2.45, 2.75) is 39.7 Å². The molecule has 0 radical (unpaired) electrons. The first-order valence-corrected chi connectivity index (χ1v) is 9.18. The predicted octanol–water partition coefficient (Wildman–Crippen LogP) is 3.30. The summed E-state index contributed by atoms with van der Waals surface area (Å²) in [6.07, 6.45) is 1.83. The van der Waals surface area contributed by atoms with Crippen LogP contribution in [0.5, 0.6) is 0 Å². The first kappa shape index (κ1) is 17.2. The van der Waals surface area contributed by atoms with Crippen molar-refractivity contribution in [2.24, 2.45) is 0 Å². The molecule has 2 aromatic rings. The average molecular weight is 347 g/mol. The van der Waals surface area contributed by atoms with Gasteiger partial charge >= 0.3 is 0 Å². The Balaban J connectivity index is 1.54. The van der Waals surface area contributed by atoms with Gasteiger partial charge in [0.1, 0.15) is 5.76 Å². The first-order chi connectivity index (χ1) is 11.3. The third-order valence-corrected chi connectivity index (χ3v) is 5.25. The molecule has 0 bridgehead atoms. The number of carbonyl (C=O) groups excluding carboxylic acids is 1. The van der Waals surface area contributed by atoms with Crippen molar-refractivity contribution in [2.75, 3.05) is 26.2 Å². The van der Waals surface area contributed by atoms with Gasteiger partial charge in [-0.05, 0) is 19.1 Å². The highest BCUT2D eigenvalue weighted by atomic mass is 32.1. The van der Waals surface area contributed by atoms with Gasteiger partial charge in [0.15, 0.2) is 0 Å². The summed E-state index contributed by atoms with van der Waals surface area (Å²) in [7, 11) is 0. The Labute approximate surface area is 147 Å². The van der Waals surface area contributed by atoms with Crippen molar-refractivity contribution in [1.82, 2.24) is 14.8 Å². The molecule has 1 saturated heterocycles. The summed E-state index contributed by atoms with van der Waals surface area (Å²) in [5, 5.41) is 0. The number of aromatic nitrogens is 1. The maximum Gasteiger partial charge on any atom is 0.264 e. The third kappa shape index (κ3) is 3.87. The number of hydrogen-bond acceptors (Lipinski definition) is 5. The van der Waals surface area contributed by atoms with Crippen molar-refractivity contribution < 1.29 is 9.21 Å². The van der Waals surface area contributed by atoms with Crippen LogP contribution in [0.2, 0.25) is 0 Å². The second-order valence-corrected chi connectivity index (χ2v) is 8.63. The van der Waals surface area contributed by atoms with Gasteiger partial charge in [0.2, 0.25) is 5.89 Å². The lowest BCUT2D eigenvalue weighted by atomic mass is 9.94. The minimum Gasteiger partial charge on any atom is -0.444 e.